The van der Waals surface area contributed by atoms with Crippen molar-refractivity contribution in [2.75, 3.05) is 4.72 Å². The summed E-state index contributed by atoms with van der Waals surface area (Å²) in [6.07, 6.45) is 5.32. The number of sulfonamides is 1. The summed E-state index contributed by atoms with van der Waals surface area (Å²) in [5.74, 6) is -0.811. The number of hydrogen-bond donors (Lipinski definition) is 1. The minimum absolute atomic E-state index is 0.112. The van der Waals surface area contributed by atoms with E-state index >= 15 is 0 Å². The Balaban J connectivity index is 1.49. The Bertz CT molecular complexity index is 1200. The van der Waals surface area contributed by atoms with Gasteiger partial charge in [-0.3, -0.25) is 14.5 Å². The molecule has 6 nitrogen and oxygen atoms in total. The fraction of sp³-hybridized carbons (Fsp3) is 0.182. The molecule has 0 aliphatic heterocycles. The van der Waals surface area contributed by atoms with Gasteiger partial charge in [-0.25, -0.2) is 12.8 Å². The number of halogens is 2. The first kappa shape index (κ1) is 21.3. The quantitative estimate of drug-likeness (QED) is 0.565. The molecule has 1 heterocycles. The lowest BCUT2D eigenvalue weighted by molar-refractivity contribution is 0.0730. The van der Waals surface area contributed by atoms with Crippen LogP contribution in [0.2, 0.25) is 5.02 Å². The third-order valence-corrected chi connectivity index (χ3v) is 6.60. The molecule has 160 valence electrons. The van der Waals surface area contributed by atoms with Crippen LogP contribution in [0.25, 0.3) is 0 Å². The molecule has 1 amide bonds. The summed E-state index contributed by atoms with van der Waals surface area (Å²) in [6, 6.07) is 13.3. The van der Waals surface area contributed by atoms with Crippen LogP contribution in [0.4, 0.5) is 10.1 Å². The Kier molecular flexibility index (Phi) is 5.93. The van der Waals surface area contributed by atoms with Crippen molar-refractivity contribution in [3.05, 3.63) is 89.0 Å². The van der Waals surface area contributed by atoms with Gasteiger partial charge in [0.05, 0.1) is 9.92 Å². The zero-order valence-electron chi connectivity index (χ0n) is 16.3. The minimum atomic E-state index is -3.95. The monoisotopic (exact) mass is 459 g/mol. The average molecular weight is 460 g/mol. The highest BCUT2D eigenvalue weighted by Gasteiger charge is 2.33. The Labute approximate surface area is 184 Å². The first-order chi connectivity index (χ1) is 14.8. The van der Waals surface area contributed by atoms with Crippen LogP contribution in [0.5, 0.6) is 0 Å². The number of rotatable bonds is 7. The second kappa shape index (κ2) is 8.64. The smallest absolute Gasteiger partial charge is 0.261 e. The molecule has 0 spiro atoms. The molecular weight excluding hydrogens is 441 g/mol. The van der Waals surface area contributed by atoms with Crippen molar-refractivity contribution in [3.63, 3.8) is 0 Å². The van der Waals surface area contributed by atoms with Crippen molar-refractivity contribution in [2.24, 2.45) is 0 Å². The van der Waals surface area contributed by atoms with Gasteiger partial charge in [0.2, 0.25) is 0 Å². The molecule has 2 aromatic carbocycles. The minimum Gasteiger partial charge on any atom is -0.331 e. The lowest BCUT2D eigenvalue weighted by Crippen LogP contribution is -2.32. The molecule has 31 heavy (non-hydrogen) atoms. The fourth-order valence-corrected chi connectivity index (χ4v) is 4.47. The van der Waals surface area contributed by atoms with Gasteiger partial charge in [-0.15, -0.1) is 0 Å². The van der Waals surface area contributed by atoms with Gasteiger partial charge in [0.15, 0.2) is 0 Å². The second-order valence-electron chi connectivity index (χ2n) is 7.28. The summed E-state index contributed by atoms with van der Waals surface area (Å²) < 4.78 is 40.8. The van der Waals surface area contributed by atoms with Crippen LogP contribution < -0.4 is 4.72 Å². The molecule has 1 N–H and O–H groups in total. The fourth-order valence-electron chi connectivity index (χ4n) is 3.14. The molecule has 1 aromatic heterocycles. The lowest BCUT2D eigenvalue weighted by atomic mass is 10.1. The lowest BCUT2D eigenvalue weighted by Gasteiger charge is -2.22. The molecule has 1 fully saturated rings. The number of benzene rings is 2. The standard InChI is InChI=1S/C22H19ClFN3O3S/c23-20-13-19(7-8-21(20)24)31(29,30)26-17-3-1-16(2-4-17)22(28)27(18-5-6-18)14-15-9-11-25-12-10-15/h1-4,7-13,18,26H,5-6,14H2. The van der Waals surface area contributed by atoms with Crippen LogP contribution in [0, 0.1) is 5.82 Å². The number of nitrogens with one attached hydrogen (secondary N) is 1. The van der Waals surface area contributed by atoms with E-state index in [0.717, 1.165) is 36.6 Å². The maximum atomic E-state index is 13.3. The van der Waals surface area contributed by atoms with Crippen LogP contribution in [-0.2, 0) is 16.6 Å². The largest absolute Gasteiger partial charge is 0.331 e. The normalized spacial score (nSPS) is 13.6. The molecule has 3 aromatic rings. The predicted octanol–water partition coefficient (Wildman–Crippen LogP) is 4.48. The van der Waals surface area contributed by atoms with Gasteiger partial charge in [-0.1, -0.05) is 11.6 Å². The molecule has 0 unspecified atom stereocenters. The first-order valence-electron chi connectivity index (χ1n) is 9.61. The topological polar surface area (TPSA) is 79.4 Å². The SMILES string of the molecule is O=C(c1ccc(NS(=O)(=O)c2ccc(F)c(Cl)c2)cc1)N(Cc1ccncc1)C1CC1. The van der Waals surface area contributed by atoms with E-state index in [0.29, 0.717) is 12.1 Å². The first-order valence-corrected chi connectivity index (χ1v) is 11.5. The summed E-state index contributed by atoms with van der Waals surface area (Å²) in [7, 11) is -3.95. The molecule has 1 aliphatic carbocycles. The number of hydrogen-bond acceptors (Lipinski definition) is 4. The maximum Gasteiger partial charge on any atom is 0.261 e. The van der Waals surface area contributed by atoms with Crippen LogP contribution in [0.3, 0.4) is 0 Å². The molecule has 0 saturated heterocycles. The van der Waals surface area contributed by atoms with Crippen molar-refractivity contribution in [2.45, 2.75) is 30.3 Å². The van der Waals surface area contributed by atoms with E-state index in [1.807, 2.05) is 17.0 Å². The second-order valence-corrected chi connectivity index (χ2v) is 9.37. The third-order valence-electron chi connectivity index (χ3n) is 4.94. The van der Waals surface area contributed by atoms with E-state index in [1.165, 1.54) is 12.1 Å². The van der Waals surface area contributed by atoms with Crippen LogP contribution in [0.15, 0.2) is 71.9 Å². The van der Waals surface area contributed by atoms with Gasteiger partial charge in [0.1, 0.15) is 5.82 Å². The number of aromatic nitrogens is 1. The Morgan fingerprint density at radius 2 is 1.77 bits per heavy atom. The van der Waals surface area contributed by atoms with Crippen LogP contribution >= 0.6 is 11.6 Å². The highest BCUT2D eigenvalue weighted by Crippen LogP contribution is 2.30. The number of carbonyl (C=O) groups excluding carboxylic acids is 1. The number of carbonyl (C=O) groups is 1. The van der Waals surface area contributed by atoms with Crippen molar-refractivity contribution >= 4 is 33.2 Å². The van der Waals surface area contributed by atoms with E-state index in [2.05, 4.69) is 9.71 Å². The predicted molar refractivity (Wildman–Crippen MR) is 116 cm³/mol. The van der Waals surface area contributed by atoms with Crippen molar-refractivity contribution < 1.29 is 17.6 Å². The molecule has 0 bridgehead atoms. The Hall–Kier alpha value is -2.97. The Morgan fingerprint density at radius 1 is 1.10 bits per heavy atom. The number of pyridine rings is 1. The Morgan fingerprint density at radius 3 is 2.39 bits per heavy atom. The molecule has 0 radical (unpaired) electrons. The maximum absolute atomic E-state index is 13.3. The van der Waals surface area contributed by atoms with Crippen molar-refractivity contribution in [1.82, 2.24) is 9.88 Å². The zero-order valence-corrected chi connectivity index (χ0v) is 17.9. The average Bonchev–Trinajstić information content (AvgIpc) is 3.60. The van der Waals surface area contributed by atoms with Gasteiger partial charge in [0, 0.05) is 36.2 Å². The molecule has 1 aliphatic rings. The summed E-state index contributed by atoms with van der Waals surface area (Å²) in [4.78, 5) is 18.7. The number of anilines is 1. The summed E-state index contributed by atoms with van der Waals surface area (Å²) in [5, 5.41) is -0.279. The van der Waals surface area contributed by atoms with Crippen LogP contribution in [0.1, 0.15) is 28.8 Å². The van der Waals surface area contributed by atoms with Crippen molar-refractivity contribution in [3.8, 4) is 0 Å². The highest BCUT2D eigenvalue weighted by atomic mass is 35.5. The summed E-state index contributed by atoms with van der Waals surface area (Å²) in [6.45, 7) is 0.492. The van der Waals surface area contributed by atoms with Gasteiger partial charge in [0.25, 0.3) is 15.9 Å². The molecule has 9 heteroatoms. The van der Waals surface area contributed by atoms with E-state index in [9.17, 15) is 17.6 Å². The van der Waals surface area contributed by atoms with E-state index in [-0.39, 0.29) is 27.6 Å². The summed E-state index contributed by atoms with van der Waals surface area (Å²) in [5.41, 5.74) is 1.75. The van der Waals surface area contributed by atoms with Crippen LogP contribution in [-0.4, -0.2) is 30.3 Å². The highest BCUT2D eigenvalue weighted by molar-refractivity contribution is 7.92. The van der Waals surface area contributed by atoms with E-state index in [4.69, 9.17) is 11.6 Å². The van der Waals surface area contributed by atoms with Gasteiger partial charge in [-0.2, -0.15) is 0 Å². The van der Waals surface area contributed by atoms with Gasteiger partial charge < -0.3 is 4.90 Å². The molecule has 0 atom stereocenters. The van der Waals surface area contributed by atoms with Gasteiger partial charge >= 0.3 is 0 Å². The summed E-state index contributed by atoms with van der Waals surface area (Å²) >= 11 is 5.68. The molecule has 1 saturated carbocycles. The third kappa shape index (κ3) is 5.03. The molecule has 4 rings (SSSR count). The molecular formula is C22H19ClFN3O3S. The van der Waals surface area contributed by atoms with Crippen molar-refractivity contribution in [1.29, 1.82) is 0 Å². The van der Waals surface area contributed by atoms with E-state index < -0.39 is 15.8 Å². The van der Waals surface area contributed by atoms with E-state index in [1.54, 1.807) is 24.5 Å². The number of amides is 1. The number of nitrogens with zero attached hydrogens (tertiary/aromatic N) is 2. The zero-order chi connectivity index (χ0) is 22.0. The van der Waals surface area contributed by atoms with Gasteiger partial charge in [-0.05, 0) is 73.0 Å².